The van der Waals surface area contributed by atoms with Crippen LogP contribution in [0.2, 0.25) is 0 Å². The highest BCUT2D eigenvalue weighted by atomic mass is 16.5. The maximum atomic E-state index is 11.3. The second-order valence-electron chi connectivity index (χ2n) is 3.54. The van der Waals surface area contributed by atoms with Crippen molar-refractivity contribution in [2.75, 3.05) is 13.7 Å². The summed E-state index contributed by atoms with van der Waals surface area (Å²) in [5.41, 5.74) is 6.56. The Morgan fingerprint density at radius 2 is 2.24 bits per heavy atom. The molecule has 0 fully saturated rings. The van der Waals surface area contributed by atoms with Crippen molar-refractivity contribution in [1.29, 1.82) is 0 Å². The Hall–Kier alpha value is -1.75. The molecule has 5 nitrogen and oxygen atoms in total. The number of ether oxygens (including phenoxy) is 2. The number of carbonyl (C=O) groups excluding carboxylic acids is 1. The van der Waals surface area contributed by atoms with Crippen molar-refractivity contribution in [3.05, 3.63) is 23.8 Å². The van der Waals surface area contributed by atoms with Gasteiger partial charge in [-0.15, -0.1) is 0 Å². The van der Waals surface area contributed by atoms with E-state index in [0.29, 0.717) is 17.9 Å². The summed E-state index contributed by atoms with van der Waals surface area (Å²) in [6, 6.07) is 4.09. The van der Waals surface area contributed by atoms with Crippen LogP contribution < -0.4 is 10.5 Å². The van der Waals surface area contributed by atoms with Crippen LogP contribution in [0.25, 0.3) is 0 Å². The molecule has 0 spiro atoms. The minimum Gasteiger partial charge on any atom is -0.508 e. The maximum Gasteiger partial charge on any atom is 0.307 e. The van der Waals surface area contributed by atoms with Gasteiger partial charge in [-0.2, -0.15) is 0 Å². The number of aromatic hydroxyl groups is 1. The van der Waals surface area contributed by atoms with Crippen LogP contribution in [0.3, 0.4) is 0 Å². The number of rotatable bonds is 5. The molecule has 0 saturated heterocycles. The lowest BCUT2D eigenvalue weighted by Gasteiger charge is -2.15. The van der Waals surface area contributed by atoms with Crippen LogP contribution in [0.15, 0.2) is 18.2 Å². The number of hydrogen-bond donors (Lipinski definition) is 2. The van der Waals surface area contributed by atoms with E-state index in [4.69, 9.17) is 15.2 Å². The lowest BCUT2D eigenvalue weighted by atomic mass is 10.0. The van der Waals surface area contributed by atoms with Gasteiger partial charge in [0.15, 0.2) is 0 Å². The van der Waals surface area contributed by atoms with Crippen molar-refractivity contribution >= 4 is 5.97 Å². The molecule has 0 bridgehead atoms. The fraction of sp³-hybridized carbons (Fsp3) is 0.417. The summed E-state index contributed by atoms with van der Waals surface area (Å²) in [6.45, 7) is 2.07. The van der Waals surface area contributed by atoms with E-state index in [1.165, 1.54) is 19.2 Å². The summed E-state index contributed by atoms with van der Waals surface area (Å²) in [6.07, 6.45) is 0.0783. The molecule has 0 aliphatic carbocycles. The average molecular weight is 239 g/mol. The monoisotopic (exact) mass is 239 g/mol. The Kier molecular flexibility index (Phi) is 4.78. The van der Waals surface area contributed by atoms with E-state index >= 15 is 0 Å². The minimum atomic E-state index is -0.510. The number of esters is 1. The van der Waals surface area contributed by atoms with Gasteiger partial charge in [0.2, 0.25) is 0 Å². The number of phenols is 1. The molecular formula is C12H17NO4. The van der Waals surface area contributed by atoms with E-state index in [1.54, 1.807) is 13.0 Å². The molecule has 17 heavy (non-hydrogen) atoms. The molecule has 0 heterocycles. The van der Waals surface area contributed by atoms with Gasteiger partial charge in [-0.05, 0) is 13.0 Å². The average Bonchev–Trinajstić information content (AvgIpc) is 2.28. The van der Waals surface area contributed by atoms with Gasteiger partial charge in [0, 0.05) is 17.7 Å². The van der Waals surface area contributed by atoms with Crippen molar-refractivity contribution in [1.82, 2.24) is 0 Å². The first-order chi connectivity index (χ1) is 8.08. The molecule has 0 aliphatic rings. The molecule has 3 N–H and O–H groups in total. The SMILES string of the molecule is CCOC(=O)C[C@@H](N)c1ccc(O)cc1OC. The summed E-state index contributed by atoms with van der Waals surface area (Å²) in [7, 11) is 1.48. The molecule has 94 valence electrons. The zero-order valence-electron chi connectivity index (χ0n) is 9.97. The molecular weight excluding hydrogens is 222 g/mol. The van der Waals surface area contributed by atoms with Crippen molar-refractivity contribution in [2.45, 2.75) is 19.4 Å². The van der Waals surface area contributed by atoms with Gasteiger partial charge >= 0.3 is 5.97 Å². The fourth-order valence-electron chi connectivity index (χ4n) is 1.52. The summed E-state index contributed by atoms with van der Waals surface area (Å²) in [5, 5.41) is 9.30. The highest BCUT2D eigenvalue weighted by Crippen LogP contribution is 2.29. The summed E-state index contributed by atoms with van der Waals surface area (Å²) < 4.78 is 9.92. The summed E-state index contributed by atoms with van der Waals surface area (Å²) in [4.78, 5) is 11.3. The molecule has 0 unspecified atom stereocenters. The Labute approximate surface area is 100 Å². The third kappa shape index (κ3) is 3.64. The molecule has 0 aromatic heterocycles. The molecule has 0 saturated carbocycles. The maximum absolute atomic E-state index is 11.3. The predicted octanol–water partition coefficient (Wildman–Crippen LogP) is 1.35. The second kappa shape index (κ2) is 6.10. The third-order valence-corrected chi connectivity index (χ3v) is 2.31. The highest BCUT2D eigenvalue weighted by Gasteiger charge is 2.16. The molecule has 1 rings (SSSR count). The van der Waals surface area contributed by atoms with E-state index in [1.807, 2.05) is 0 Å². The first-order valence-electron chi connectivity index (χ1n) is 5.36. The largest absolute Gasteiger partial charge is 0.508 e. The number of phenolic OH excluding ortho intramolecular Hbond substituents is 1. The van der Waals surface area contributed by atoms with E-state index in [2.05, 4.69) is 0 Å². The van der Waals surface area contributed by atoms with Crippen molar-refractivity contribution < 1.29 is 19.4 Å². The second-order valence-corrected chi connectivity index (χ2v) is 3.54. The Balaban J connectivity index is 2.81. The Morgan fingerprint density at radius 1 is 1.53 bits per heavy atom. The van der Waals surface area contributed by atoms with E-state index in [-0.39, 0.29) is 18.1 Å². The van der Waals surface area contributed by atoms with E-state index < -0.39 is 6.04 Å². The summed E-state index contributed by atoms with van der Waals surface area (Å²) in [5.74, 6) is 0.200. The lowest BCUT2D eigenvalue weighted by Crippen LogP contribution is -2.17. The molecule has 0 amide bonds. The van der Waals surface area contributed by atoms with Gasteiger partial charge < -0.3 is 20.3 Å². The van der Waals surface area contributed by atoms with Crippen LogP contribution in [0.4, 0.5) is 0 Å². The van der Waals surface area contributed by atoms with Gasteiger partial charge in [-0.25, -0.2) is 0 Å². The standard InChI is InChI=1S/C12H17NO4/c1-3-17-12(15)7-10(13)9-5-4-8(14)6-11(9)16-2/h4-6,10,14H,3,7,13H2,1-2H3/t10-/m1/s1. The molecule has 1 aromatic carbocycles. The highest BCUT2D eigenvalue weighted by molar-refractivity contribution is 5.70. The minimum absolute atomic E-state index is 0.0783. The van der Waals surface area contributed by atoms with Gasteiger partial charge in [0.05, 0.1) is 20.1 Å². The number of nitrogens with two attached hydrogens (primary N) is 1. The molecule has 5 heteroatoms. The lowest BCUT2D eigenvalue weighted by molar-refractivity contribution is -0.143. The van der Waals surface area contributed by atoms with Crippen LogP contribution in [-0.2, 0) is 9.53 Å². The van der Waals surface area contributed by atoms with Gasteiger partial charge in [-0.1, -0.05) is 6.07 Å². The number of benzene rings is 1. The Morgan fingerprint density at radius 3 is 2.82 bits per heavy atom. The first-order valence-corrected chi connectivity index (χ1v) is 5.36. The van der Waals surface area contributed by atoms with Crippen LogP contribution in [0.5, 0.6) is 11.5 Å². The van der Waals surface area contributed by atoms with Crippen molar-refractivity contribution in [2.24, 2.45) is 5.73 Å². The van der Waals surface area contributed by atoms with Crippen LogP contribution in [0.1, 0.15) is 24.9 Å². The number of hydrogen-bond acceptors (Lipinski definition) is 5. The number of carbonyl (C=O) groups is 1. The predicted molar refractivity (Wildman–Crippen MR) is 62.8 cm³/mol. The molecule has 1 aromatic rings. The summed E-state index contributed by atoms with van der Waals surface area (Å²) >= 11 is 0. The van der Waals surface area contributed by atoms with E-state index in [0.717, 1.165) is 0 Å². The zero-order chi connectivity index (χ0) is 12.8. The quantitative estimate of drug-likeness (QED) is 0.758. The number of methoxy groups -OCH3 is 1. The molecule has 1 atom stereocenters. The molecule has 0 radical (unpaired) electrons. The zero-order valence-corrected chi connectivity index (χ0v) is 9.97. The Bertz CT molecular complexity index is 392. The van der Waals surface area contributed by atoms with Gasteiger partial charge in [-0.3, -0.25) is 4.79 Å². The van der Waals surface area contributed by atoms with Crippen molar-refractivity contribution in [3.8, 4) is 11.5 Å². The third-order valence-electron chi connectivity index (χ3n) is 2.31. The smallest absolute Gasteiger partial charge is 0.307 e. The van der Waals surface area contributed by atoms with E-state index in [9.17, 15) is 9.90 Å². The van der Waals surface area contributed by atoms with Crippen LogP contribution in [0, 0.1) is 0 Å². The van der Waals surface area contributed by atoms with Crippen molar-refractivity contribution in [3.63, 3.8) is 0 Å². The fourth-order valence-corrected chi connectivity index (χ4v) is 1.52. The van der Waals surface area contributed by atoms with Gasteiger partial charge in [0.25, 0.3) is 0 Å². The van der Waals surface area contributed by atoms with Crippen LogP contribution >= 0.6 is 0 Å². The van der Waals surface area contributed by atoms with Gasteiger partial charge in [0.1, 0.15) is 11.5 Å². The first kappa shape index (κ1) is 13.3. The topological polar surface area (TPSA) is 81.8 Å². The molecule has 0 aliphatic heterocycles. The normalized spacial score (nSPS) is 11.9. The van der Waals surface area contributed by atoms with Crippen LogP contribution in [-0.4, -0.2) is 24.8 Å².